The first-order chi connectivity index (χ1) is 10.4. The third-order valence-corrected chi connectivity index (χ3v) is 4.08. The molecule has 7 heteroatoms. The fourth-order valence-corrected chi connectivity index (χ4v) is 2.95. The average Bonchev–Trinajstić information content (AvgIpc) is 2.47. The van der Waals surface area contributed by atoms with Gasteiger partial charge in [-0.25, -0.2) is 0 Å². The molecular weight excluding hydrogens is 297 g/mol. The van der Waals surface area contributed by atoms with E-state index in [4.69, 9.17) is 4.74 Å². The number of nitrogens with one attached hydrogen (secondary N) is 1. The van der Waals surface area contributed by atoms with Gasteiger partial charge in [-0.15, -0.1) is 0 Å². The number of piperidine rings is 1. The summed E-state index contributed by atoms with van der Waals surface area (Å²) >= 11 is 0. The summed E-state index contributed by atoms with van der Waals surface area (Å²) in [5.41, 5.74) is 1.27. The van der Waals surface area contributed by atoms with Crippen molar-refractivity contribution in [3.8, 4) is 0 Å². The fourth-order valence-electron chi connectivity index (χ4n) is 2.95. The third-order valence-electron chi connectivity index (χ3n) is 4.08. The number of rotatable bonds is 5. The van der Waals surface area contributed by atoms with Crippen LogP contribution in [0.5, 0.6) is 0 Å². The number of alkyl halides is 3. The van der Waals surface area contributed by atoms with Crippen LogP contribution >= 0.6 is 0 Å². The molecule has 22 heavy (non-hydrogen) atoms. The van der Waals surface area contributed by atoms with E-state index in [1.165, 1.54) is 10.5 Å². The Morgan fingerprint density at radius 2 is 2.27 bits per heavy atom. The summed E-state index contributed by atoms with van der Waals surface area (Å²) in [5, 5.41) is 2.85. The molecule has 2 aliphatic heterocycles. The Morgan fingerprint density at radius 1 is 1.45 bits per heavy atom. The first kappa shape index (κ1) is 17.3. The summed E-state index contributed by atoms with van der Waals surface area (Å²) in [4.78, 5) is 13.4. The van der Waals surface area contributed by atoms with Crippen molar-refractivity contribution < 1.29 is 22.7 Å². The Bertz CT molecular complexity index is 410. The second-order valence-electron chi connectivity index (χ2n) is 5.92. The van der Waals surface area contributed by atoms with Gasteiger partial charge >= 0.3 is 6.18 Å². The minimum absolute atomic E-state index is 0.125. The molecule has 1 saturated heterocycles. The van der Waals surface area contributed by atoms with Crippen molar-refractivity contribution in [2.75, 3.05) is 39.4 Å². The van der Waals surface area contributed by atoms with E-state index in [9.17, 15) is 18.0 Å². The maximum Gasteiger partial charge on any atom is 0.401 e. The number of amides is 1. The normalized spacial score (nSPS) is 24.0. The van der Waals surface area contributed by atoms with Crippen molar-refractivity contribution in [2.45, 2.75) is 31.9 Å². The topological polar surface area (TPSA) is 41.6 Å². The molecule has 1 fully saturated rings. The highest BCUT2D eigenvalue weighted by molar-refractivity contribution is 5.78. The molecule has 0 aromatic heterocycles. The largest absolute Gasteiger partial charge is 0.401 e. The van der Waals surface area contributed by atoms with Crippen LogP contribution in [0.1, 0.15) is 25.7 Å². The molecule has 1 amide bonds. The zero-order valence-corrected chi connectivity index (χ0v) is 12.6. The number of halogens is 3. The molecular formula is C15H23F3N2O2. The molecule has 2 aliphatic rings. The average molecular weight is 320 g/mol. The maximum absolute atomic E-state index is 12.4. The number of likely N-dealkylation sites (tertiary alicyclic amines) is 1. The predicted octanol–water partition coefficient (Wildman–Crippen LogP) is 2.11. The molecule has 1 N–H and O–H groups in total. The minimum Gasteiger partial charge on any atom is -0.377 e. The van der Waals surface area contributed by atoms with Gasteiger partial charge in [-0.1, -0.05) is 11.6 Å². The molecule has 0 spiro atoms. The van der Waals surface area contributed by atoms with Crippen molar-refractivity contribution in [3.05, 3.63) is 11.6 Å². The van der Waals surface area contributed by atoms with Gasteiger partial charge in [0.05, 0.1) is 25.7 Å². The zero-order chi connectivity index (χ0) is 16.0. The van der Waals surface area contributed by atoms with E-state index in [0.29, 0.717) is 32.5 Å². The van der Waals surface area contributed by atoms with Crippen molar-refractivity contribution in [2.24, 2.45) is 5.92 Å². The molecule has 1 unspecified atom stereocenters. The van der Waals surface area contributed by atoms with E-state index < -0.39 is 12.7 Å². The molecule has 1 atom stereocenters. The first-order valence-corrected chi connectivity index (χ1v) is 7.76. The summed E-state index contributed by atoms with van der Waals surface area (Å²) < 4.78 is 42.5. The quantitative estimate of drug-likeness (QED) is 0.789. The minimum atomic E-state index is -4.20. The summed E-state index contributed by atoms with van der Waals surface area (Å²) in [6.07, 6.45) is 0.801. The Morgan fingerprint density at radius 3 is 2.95 bits per heavy atom. The number of carbonyl (C=O) groups is 1. The van der Waals surface area contributed by atoms with Gasteiger partial charge in [-0.3, -0.25) is 9.69 Å². The van der Waals surface area contributed by atoms with Crippen molar-refractivity contribution in [3.63, 3.8) is 0 Å². The second-order valence-corrected chi connectivity index (χ2v) is 5.92. The summed E-state index contributed by atoms with van der Waals surface area (Å²) in [6.45, 7) is 1.56. The highest BCUT2D eigenvalue weighted by Crippen LogP contribution is 2.22. The van der Waals surface area contributed by atoms with Crippen LogP contribution in [0.4, 0.5) is 13.2 Å². The maximum atomic E-state index is 12.4. The fraction of sp³-hybridized carbons (Fsp3) is 0.800. The number of hydrogen-bond acceptors (Lipinski definition) is 3. The van der Waals surface area contributed by atoms with Crippen LogP contribution in [-0.2, 0) is 9.53 Å². The van der Waals surface area contributed by atoms with E-state index in [1.54, 1.807) is 0 Å². The summed E-state index contributed by atoms with van der Waals surface area (Å²) in [7, 11) is 0. The van der Waals surface area contributed by atoms with Gasteiger partial charge in [0.1, 0.15) is 0 Å². The highest BCUT2D eigenvalue weighted by atomic mass is 19.4. The first-order valence-electron chi connectivity index (χ1n) is 7.76. The molecule has 4 nitrogen and oxygen atoms in total. The SMILES string of the molecule is O=C(NCCC1=CCOCC1)C1CCCN(CC(F)(F)F)C1. The smallest absolute Gasteiger partial charge is 0.377 e. The van der Waals surface area contributed by atoms with Gasteiger partial charge < -0.3 is 10.1 Å². The van der Waals surface area contributed by atoms with Crippen LogP contribution in [0.25, 0.3) is 0 Å². The standard InChI is InChI=1S/C15H23F3N2O2/c16-15(17,18)11-20-7-1-2-13(10-20)14(21)19-6-3-12-4-8-22-9-5-12/h4,13H,1-3,5-11H2,(H,19,21). The van der Waals surface area contributed by atoms with E-state index in [2.05, 4.69) is 5.32 Å². The van der Waals surface area contributed by atoms with Crippen LogP contribution in [0, 0.1) is 5.92 Å². The van der Waals surface area contributed by atoms with Crippen LogP contribution < -0.4 is 5.32 Å². The second kappa shape index (κ2) is 7.97. The number of nitrogens with zero attached hydrogens (tertiary/aromatic N) is 1. The van der Waals surface area contributed by atoms with Gasteiger partial charge in [-0.05, 0) is 32.2 Å². The summed E-state index contributed by atoms with van der Waals surface area (Å²) in [6, 6.07) is 0. The van der Waals surface area contributed by atoms with Crippen molar-refractivity contribution in [1.29, 1.82) is 0 Å². The van der Waals surface area contributed by atoms with Gasteiger partial charge in [0.15, 0.2) is 0 Å². The van der Waals surface area contributed by atoms with Gasteiger partial charge in [-0.2, -0.15) is 13.2 Å². The van der Waals surface area contributed by atoms with Crippen LogP contribution in [-0.4, -0.2) is 56.4 Å². The lowest BCUT2D eigenvalue weighted by Gasteiger charge is -2.32. The van der Waals surface area contributed by atoms with Crippen molar-refractivity contribution >= 4 is 5.91 Å². The molecule has 0 radical (unpaired) electrons. The van der Waals surface area contributed by atoms with Crippen LogP contribution in [0.3, 0.4) is 0 Å². The van der Waals surface area contributed by atoms with E-state index in [0.717, 1.165) is 19.4 Å². The highest BCUT2D eigenvalue weighted by Gasteiger charge is 2.34. The van der Waals surface area contributed by atoms with Gasteiger partial charge in [0.2, 0.25) is 5.91 Å². The number of carbonyl (C=O) groups excluding carboxylic acids is 1. The Balaban J connectivity index is 1.71. The van der Waals surface area contributed by atoms with E-state index in [1.807, 2.05) is 6.08 Å². The van der Waals surface area contributed by atoms with Crippen LogP contribution in [0.15, 0.2) is 11.6 Å². The van der Waals surface area contributed by atoms with E-state index in [-0.39, 0.29) is 18.4 Å². The number of hydrogen-bond donors (Lipinski definition) is 1. The van der Waals surface area contributed by atoms with Crippen LogP contribution in [0.2, 0.25) is 0 Å². The van der Waals surface area contributed by atoms with Gasteiger partial charge in [0, 0.05) is 13.1 Å². The Hall–Kier alpha value is -1.08. The lowest BCUT2D eigenvalue weighted by molar-refractivity contribution is -0.152. The van der Waals surface area contributed by atoms with Crippen molar-refractivity contribution in [1.82, 2.24) is 10.2 Å². The molecule has 0 bridgehead atoms. The predicted molar refractivity (Wildman–Crippen MR) is 76.4 cm³/mol. The Kier molecular flexibility index (Phi) is 6.26. The monoisotopic (exact) mass is 320 g/mol. The molecule has 0 aromatic rings. The number of ether oxygens (including phenoxy) is 1. The van der Waals surface area contributed by atoms with E-state index >= 15 is 0 Å². The Labute approximate surface area is 128 Å². The van der Waals surface area contributed by atoms with Gasteiger partial charge in [0.25, 0.3) is 0 Å². The molecule has 0 saturated carbocycles. The lowest BCUT2D eigenvalue weighted by Crippen LogP contribution is -2.46. The lowest BCUT2D eigenvalue weighted by atomic mass is 9.97. The molecule has 2 rings (SSSR count). The third kappa shape index (κ3) is 5.96. The molecule has 2 heterocycles. The molecule has 126 valence electrons. The molecule has 0 aliphatic carbocycles. The molecule has 0 aromatic carbocycles. The summed E-state index contributed by atoms with van der Waals surface area (Å²) in [5.74, 6) is -0.459. The zero-order valence-electron chi connectivity index (χ0n) is 12.6.